The number of nitro benzene ring substituents is 1. The number of nitrogens with one attached hydrogen (secondary N) is 1. The van der Waals surface area contributed by atoms with Gasteiger partial charge in [0.2, 0.25) is 0 Å². The molecule has 0 bridgehead atoms. The molecule has 0 heterocycles. The van der Waals surface area contributed by atoms with Crippen molar-refractivity contribution in [1.29, 1.82) is 0 Å². The zero-order valence-corrected chi connectivity index (χ0v) is 10.6. The van der Waals surface area contributed by atoms with Crippen LogP contribution in [0.3, 0.4) is 0 Å². The number of hydrogen-bond acceptors (Lipinski definition) is 4. The summed E-state index contributed by atoms with van der Waals surface area (Å²) in [6.45, 7) is 1.18. The fourth-order valence-corrected chi connectivity index (χ4v) is 1.61. The van der Waals surface area contributed by atoms with Gasteiger partial charge in [0, 0.05) is 6.07 Å². The summed E-state index contributed by atoms with van der Waals surface area (Å²) in [5, 5.41) is 20.9. The number of anilines is 1. The van der Waals surface area contributed by atoms with Gasteiger partial charge in [0.25, 0.3) is 5.69 Å². The zero-order chi connectivity index (χ0) is 15.7. The summed E-state index contributed by atoms with van der Waals surface area (Å²) in [7, 11) is 0. The van der Waals surface area contributed by atoms with E-state index in [0.29, 0.717) is 6.07 Å². The Bertz CT molecular complexity index is 562. The molecule has 0 aliphatic heterocycles. The molecule has 0 radical (unpaired) electrons. The minimum absolute atomic E-state index is 0.263. The third kappa shape index (κ3) is 3.50. The van der Waals surface area contributed by atoms with Crippen molar-refractivity contribution in [2.75, 3.05) is 5.32 Å². The second kappa shape index (κ2) is 5.53. The molecule has 0 aromatic heterocycles. The van der Waals surface area contributed by atoms with E-state index in [0.717, 1.165) is 0 Å². The molecule has 6 nitrogen and oxygen atoms in total. The van der Waals surface area contributed by atoms with E-state index in [4.69, 9.17) is 16.7 Å². The lowest BCUT2D eigenvalue weighted by atomic mass is 10.1. The SMILES string of the molecule is CC(Nc1cc(Cl)c(C(F)(F)F)cc1[N+](=O)[O-])C(=O)O. The van der Waals surface area contributed by atoms with Gasteiger partial charge in [-0.15, -0.1) is 0 Å². The normalized spacial score (nSPS) is 12.8. The maximum atomic E-state index is 12.6. The van der Waals surface area contributed by atoms with Crippen LogP contribution in [-0.4, -0.2) is 22.0 Å². The average molecular weight is 313 g/mol. The number of carboxylic acids is 1. The summed E-state index contributed by atoms with van der Waals surface area (Å²) in [4.78, 5) is 20.4. The van der Waals surface area contributed by atoms with Gasteiger partial charge >= 0.3 is 12.1 Å². The molecule has 1 atom stereocenters. The molecule has 0 saturated carbocycles. The predicted molar refractivity (Wildman–Crippen MR) is 63.8 cm³/mol. The molecule has 0 saturated heterocycles. The Balaban J connectivity index is 3.36. The molecule has 1 rings (SSSR count). The third-order valence-electron chi connectivity index (χ3n) is 2.33. The highest BCUT2D eigenvalue weighted by molar-refractivity contribution is 6.31. The van der Waals surface area contributed by atoms with Gasteiger partial charge in [-0.05, 0) is 13.0 Å². The summed E-state index contributed by atoms with van der Waals surface area (Å²) in [6, 6.07) is -0.289. The fraction of sp³-hybridized carbons (Fsp3) is 0.300. The number of alkyl halides is 3. The number of halogens is 4. The number of hydrogen-bond donors (Lipinski definition) is 2. The van der Waals surface area contributed by atoms with Gasteiger partial charge in [0.15, 0.2) is 0 Å². The standard InChI is InChI=1S/C10H8ClF3N2O4/c1-4(9(17)18)15-7-3-6(11)5(10(12,13)14)2-8(7)16(19)20/h2-4,15H,1H3,(H,17,18). The average Bonchev–Trinajstić information content (AvgIpc) is 2.26. The Labute approximate surface area is 115 Å². The van der Waals surface area contributed by atoms with Crippen LogP contribution in [0.15, 0.2) is 12.1 Å². The second-order valence-corrected chi connectivity index (χ2v) is 4.22. The van der Waals surface area contributed by atoms with Crippen molar-refractivity contribution in [2.45, 2.75) is 19.1 Å². The Kier molecular flexibility index (Phi) is 4.43. The van der Waals surface area contributed by atoms with Crippen LogP contribution in [-0.2, 0) is 11.0 Å². The van der Waals surface area contributed by atoms with E-state index in [1.54, 1.807) is 0 Å². The summed E-state index contributed by atoms with van der Waals surface area (Å²) in [5.74, 6) is -1.32. The molecule has 10 heteroatoms. The first-order valence-electron chi connectivity index (χ1n) is 5.08. The molecule has 1 unspecified atom stereocenters. The molecule has 0 amide bonds. The molecular weight excluding hydrogens is 305 g/mol. The molecule has 1 aromatic carbocycles. The second-order valence-electron chi connectivity index (χ2n) is 3.81. The number of carboxylic acid groups (broad SMARTS) is 1. The molecule has 0 aliphatic carbocycles. The number of rotatable bonds is 4. The van der Waals surface area contributed by atoms with Crippen molar-refractivity contribution in [3.8, 4) is 0 Å². The van der Waals surface area contributed by atoms with Gasteiger partial charge < -0.3 is 10.4 Å². The van der Waals surface area contributed by atoms with Crippen LogP contribution in [0, 0.1) is 10.1 Å². The number of nitro groups is 1. The zero-order valence-electron chi connectivity index (χ0n) is 9.86. The molecule has 1 aromatic rings. The first kappa shape index (κ1) is 16.0. The molecule has 110 valence electrons. The fourth-order valence-electron chi connectivity index (χ4n) is 1.34. The highest BCUT2D eigenvalue weighted by atomic mass is 35.5. The van der Waals surface area contributed by atoms with E-state index in [9.17, 15) is 28.1 Å². The Morgan fingerprint density at radius 3 is 2.45 bits per heavy atom. The largest absolute Gasteiger partial charge is 0.480 e. The molecule has 0 fully saturated rings. The summed E-state index contributed by atoms with van der Waals surface area (Å²) < 4.78 is 37.8. The van der Waals surface area contributed by atoms with E-state index < -0.39 is 45.1 Å². The minimum Gasteiger partial charge on any atom is -0.480 e. The maximum Gasteiger partial charge on any atom is 0.418 e. The topological polar surface area (TPSA) is 92.5 Å². The van der Waals surface area contributed by atoms with Crippen molar-refractivity contribution in [3.63, 3.8) is 0 Å². The van der Waals surface area contributed by atoms with E-state index >= 15 is 0 Å². The van der Waals surface area contributed by atoms with E-state index in [2.05, 4.69) is 5.32 Å². The van der Waals surface area contributed by atoms with Gasteiger partial charge in [0.05, 0.1) is 15.5 Å². The quantitative estimate of drug-likeness (QED) is 0.658. The van der Waals surface area contributed by atoms with Crippen LogP contribution in [0.5, 0.6) is 0 Å². The van der Waals surface area contributed by atoms with E-state index in [-0.39, 0.29) is 6.07 Å². The summed E-state index contributed by atoms with van der Waals surface area (Å²) in [5.41, 5.74) is -2.67. The van der Waals surface area contributed by atoms with Crippen molar-refractivity contribution < 1.29 is 28.0 Å². The molecule has 0 spiro atoms. The Morgan fingerprint density at radius 1 is 1.50 bits per heavy atom. The van der Waals surface area contributed by atoms with Crippen LogP contribution in [0.2, 0.25) is 5.02 Å². The van der Waals surface area contributed by atoms with Gasteiger partial charge in [0.1, 0.15) is 11.7 Å². The number of carbonyl (C=O) groups is 1. The number of benzene rings is 1. The molecule has 2 N–H and O–H groups in total. The summed E-state index contributed by atoms with van der Waals surface area (Å²) >= 11 is 5.42. The van der Waals surface area contributed by atoms with Gasteiger partial charge in [-0.25, -0.2) is 0 Å². The van der Waals surface area contributed by atoms with Crippen LogP contribution >= 0.6 is 11.6 Å². The van der Waals surface area contributed by atoms with Crippen molar-refractivity contribution in [3.05, 3.63) is 32.8 Å². The molecular formula is C10H8ClF3N2O4. The first-order chi connectivity index (χ1) is 9.04. The molecule has 0 aliphatic rings. The maximum absolute atomic E-state index is 12.6. The van der Waals surface area contributed by atoms with Crippen molar-refractivity contribution >= 4 is 28.9 Å². The van der Waals surface area contributed by atoms with Crippen LogP contribution in [0.25, 0.3) is 0 Å². The van der Waals surface area contributed by atoms with Gasteiger partial charge in [-0.2, -0.15) is 13.2 Å². The van der Waals surface area contributed by atoms with Crippen molar-refractivity contribution in [1.82, 2.24) is 0 Å². The smallest absolute Gasteiger partial charge is 0.418 e. The van der Waals surface area contributed by atoms with Crippen molar-refractivity contribution in [2.24, 2.45) is 0 Å². The summed E-state index contributed by atoms with van der Waals surface area (Å²) in [6.07, 6.45) is -4.85. The predicted octanol–water partition coefficient (Wildman–Crippen LogP) is 3.15. The van der Waals surface area contributed by atoms with Gasteiger partial charge in [-0.1, -0.05) is 11.6 Å². The van der Waals surface area contributed by atoms with Gasteiger partial charge in [-0.3, -0.25) is 14.9 Å². The highest BCUT2D eigenvalue weighted by Gasteiger charge is 2.36. The van der Waals surface area contributed by atoms with Crippen LogP contribution in [0.1, 0.15) is 12.5 Å². The Hall–Kier alpha value is -2.03. The Morgan fingerprint density at radius 2 is 2.05 bits per heavy atom. The van der Waals surface area contributed by atoms with Crippen LogP contribution in [0.4, 0.5) is 24.5 Å². The lowest BCUT2D eigenvalue weighted by Crippen LogP contribution is -2.26. The number of aliphatic carboxylic acids is 1. The monoisotopic (exact) mass is 312 g/mol. The third-order valence-corrected chi connectivity index (χ3v) is 2.64. The first-order valence-corrected chi connectivity index (χ1v) is 5.46. The molecule has 20 heavy (non-hydrogen) atoms. The lowest BCUT2D eigenvalue weighted by molar-refractivity contribution is -0.384. The van der Waals surface area contributed by atoms with E-state index in [1.807, 2.05) is 0 Å². The lowest BCUT2D eigenvalue weighted by Gasteiger charge is -2.14. The highest BCUT2D eigenvalue weighted by Crippen LogP contribution is 2.40. The minimum atomic E-state index is -4.85. The number of nitrogens with zero attached hydrogens (tertiary/aromatic N) is 1. The van der Waals surface area contributed by atoms with E-state index in [1.165, 1.54) is 6.92 Å². The van der Waals surface area contributed by atoms with Crippen LogP contribution < -0.4 is 5.32 Å².